The molecule has 0 bridgehead atoms. The Balaban J connectivity index is 2.52. The lowest BCUT2D eigenvalue weighted by Crippen LogP contribution is -2.07. The van der Waals surface area contributed by atoms with E-state index in [4.69, 9.17) is 0 Å². The Morgan fingerprint density at radius 2 is 1.86 bits per heavy atom. The van der Waals surface area contributed by atoms with Gasteiger partial charge >= 0.3 is 5.97 Å². The van der Waals surface area contributed by atoms with Crippen molar-refractivity contribution in [2.24, 2.45) is 0 Å². The molecule has 21 heavy (non-hydrogen) atoms. The molecule has 0 aliphatic rings. The van der Waals surface area contributed by atoms with Gasteiger partial charge in [0.05, 0.1) is 5.69 Å². The number of hydrogen-bond donors (Lipinski definition) is 2. The van der Waals surface area contributed by atoms with Gasteiger partial charge in [-0.1, -0.05) is 32.0 Å². The minimum Gasteiger partial charge on any atom is -0.478 e. The number of anilines is 2. The molecule has 110 valence electrons. The summed E-state index contributed by atoms with van der Waals surface area (Å²) in [5, 5.41) is 12.6. The highest BCUT2D eigenvalue weighted by molar-refractivity contribution is 5.95. The van der Waals surface area contributed by atoms with E-state index in [9.17, 15) is 9.90 Å². The van der Waals surface area contributed by atoms with Crippen LogP contribution in [0.25, 0.3) is 0 Å². The maximum absolute atomic E-state index is 11.4. The number of carboxylic acids is 1. The van der Waals surface area contributed by atoms with Crippen molar-refractivity contribution in [2.75, 3.05) is 5.32 Å². The van der Waals surface area contributed by atoms with Crippen LogP contribution in [0.3, 0.4) is 0 Å². The van der Waals surface area contributed by atoms with Crippen molar-refractivity contribution in [1.29, 1.82) is 0 Å². The van der Waals surface area contributed by atoms with Crippen LogP contribution in [0.15, 0.2) is 30.5 Å². The van der Waals surface area contributed by atoms with Crippen LogP contribution < -0.4 is 5.32 Å². The number of nitrogens with one attached hydrogen (secondary N) is 1. The van der Waals surface area contributed by atoms with E-state index in [0.717, 1.165) is 24.2 Å². The van der Waals surface area contributed by atoms with E-state index in [1.807, 2.05) is 13.0 Å². The molecule has 2 aromatic rings. The molecule has 1 heterocycles. The Morgan fingerprint density at radius 3 is 2.38 bits per heavy atom. The number of rotatable bonds is 5. The summed E-state index contributed by atoms with van der Waals surface area (Å²) >= 11 is 0. The number of pyridine rings is 1. The van der Waals surface area contributed by atoms with Crippen LogP contribution in [-0.4, -0.2) is 16.1 Å². The third-order valence-corrected chi connectivity index (χ3v) is 3.53. The van der Waals surface area contributed by atoms with Crippen LogP contribution in [0.2, 0.25) is 0 Å². The minimum atomic E-state index is -0.975. The highest BCUT2D eigenvalue weighted by Crippen LogP contribution is 2.28. The molecular formula is C17H20N2O2. The van der Waals surface area contributed by atoms with Gasteiger partial charge in [0.25, 0.3) is 0 Å². The zero-order valence-electron chi connectivity index (χ0n) is 12.6. The highest BCUT2D eigenvalue weighted by Gasteiger charge is 2.14. The predicted molar refractivity (Wildman–Crippen MR) is 84.4 cm³/mol. The molecule has 4 heteroatoms. The summed E-state index contributed by atoms with van der Waals surface area (Å²) in [4.78, 5) is 15.4. The minimum absolute atomic E-state index is 0.188. The number of carbonyl (C=O) groups is 1. The lowest BCUT2D eigenvalue weighted by Gasteiger charge is -2.17. The van der Waals surface area contributed by atoms with Crippen molar-refractivity contribution in [1.82, 2.24) is 4.98 Å². The Labute approximate surface area is 124 Å². The van der Waals surface area contributed by atoms with Crippen LogP contribution in [0.1, 0.15) is 41.0 Å². The molecule has 0 saturated carbocycles. The molecule has 1 aromatic heterocycles. The first-order valence-corrected chi connectivity index (χ1v) is 7.14. The maximum Gasteiger partial charge on any atom is 0.339 e. The van der Waals surface area contributed by atoms with E-state index >= 15 is 0 Å². The lowest BCUT2D eigenvalue weighted by atomic mass is 10.0. The van der Waals surface area contributed by atoms with E-state index < -0.39 is 5.97 Å². The number of para-hydroxylation sites is 1. The van der Waals surface area contributed by atoms with Crippen LogP contribution in [0, 0.1) is 6.92 Å². The van der Waals surface area contributed by atoms with E-state index in [0.29, 0.717) is 5.69 Å². The lowest BCUT2D eigenvalue weighted by molar-refractivity contribution is 0.0697. The molecule has 2 rings (SSSR count). The van der Waals surface area contributed by atoms with Gasteiger partial charge in [-0.3, -0.25) is 4.98 Å². The summed E-state index contributed by atoms with van der Waals surface area (Å²) in [7, 11) is 0. The number of aromatic carboxylic acids is 1. The fourth-order valence-electron chi connectivity index (χ4n) is 2.37. The second-order valence-electron chi connectivity index (χ2n) is 4.96. The molecule has 0 unspecified atom stereocenters. The fraction of sp³-hybridized carbons (Fsp3) is 0.294. The summed E-state index contributed by atoms with van der Waals surface area (Å²) in [6, 6.07) is 7.94. The summed E-state index contributed by atoms with van der Waals surface area (Å²) in [6.45, 7) is 6.04. The predicted octanol–water partition coefficient (Wildman–Crippen LogP) is 3.96. The first-order valence-electron chi connectivity index (χ1n) is 7.14. The van der Waals surface area contributed by atoms with Crippen molar-refractivity contribution in [3.63, 3.8) is 0 Å². The summed E-state index contributed by atoms with van der Waals surface area (Å²) < 4.78 is 0. The van der Waals surface area contributed by atoms with Gasteiger partial charge in [0.15, 0.2) is 0 Å². The third-order valence-electron chi connectivity index (χ3n) is 3.53. The zero-order valence-corrected chi connectivity index (χ0v) is 12.6. The number of benzene rings is 1. The summed E-state index contributed by atoms with van der Waals surface area (Å²) in [6.07, 6.45) is 3.19. The molecule has 2 N–H and O–H groups in total. The van der Waals surface area contributed by atoms with Gasteiger partial charge in [-0.2, -0.15) is 0 Å². The largest absolute Gasteiger partial charge is 0.478 e. The third kappa shape index (κ3) is 3.21. The quantitative estimate of drug-likeness (QED) is 0.872. The van der Waals surface area contributed by atoms with Gasteiger partial charge in [-0.05, 0) is 37.0 Å². The molecule has 0 atom stereocenters. The average Bonchev–Trinajstić information content (AvgIpc) is 2.47. The second kappa shape index (κ2) is 6.39. The van der Waals surface area contributed by atoms with Crippen LogP contribution >= 0.6 is 0 Å². The SMILES string of the molecule is CCc1cccc(CC)c1Nc1cc(C)ncc1C(=O)O. The number of hydrogen-bond acceptors (Lipinski definition) is 3. The molecule has 0 aliphatic heterocycles. The van der Waals surface area contributed by atoms with Gasteiger partial charge in [0.1, 0.15) is 5.56 Å². The van der Waals surface area contributed by atoms with Crippen LogP contribution in [0.4, 0.5) is 11.4 Å². The Bertz CT molecular complexity index is 644. The molecule has 4 nitrogen and oxygen atoms in total. The second-order valence-corrected chi connectivity index (χ2v) is 4.96. The molecular weight excluding hydrogens is 264 g/mol. The topological polar surface area (TPSA) is 62.2 Å². The van der Waals surface area contributed by atoms with Crippen molar-refractivity contribution < 1.29 is 9.90 Å². The van der Waals surface area contributed by atoms with Crippen molar-refractivity contribution in [3.8, 4) is 0 Å². The van der Waals surface area contributed by atoms with E-state index in [1.165, 1.54) is 17.3 Å². The van der Waals surface area contributed by atoms with E-state index in [2.05, 4.69) is 36.3 Å². The molecule has 0 radical (unpaired) electrons. The van der Waals surface area contributed by atoms with Gasteiger partial charge in [0, 0.05) is 17.6 Å². The van der Waals surface area contributed by atoms with Gasteiger partial charge in [-0.25, -0.2) is 4.79 Å². The van der Waals surface area contributed by atoms with Crippen LogP contribution in [0.5, 0.6) is 0 Å². The molecule has 0 spiro atoms. The summed E-state index contributed by atoms with van der Waals surface area (Å²) in [5.74, 6) is -0.975. The fourth-order valence-corrected chi connectivity index (χ4v) is 2.37. The molecule has 1 aromatic carbocycles. The Morgan fingerprint density at radius 1 is 1.24 bits per heavy atom. The highest BCUT2D eigenvalue weighted by atomic mass is 16.4. The zero-order chi connectivity index (χ0) is 15.4. The summed E-state index contributed by atoms with van der Waals surface area (Å²) in [5.41, 5.74) is 4.93. The number of carboxylic acid groups (broad SMARTS) is 1. The van der Waals surface area contributed by atoms with Gasteiger partial charge in [0.2, 0.25) is 0 Å². The average molecular weight is 284 g/mol. The van der Waals surface area contributed by atoms with Gasteiger partial charge < -0.3 is 10.4 Å². The number of aromatic nitrogens is 1. The number of nitrogens with zero attached hydrogens (tertiary/aromatic N) is 1. The maximum atomic E-state index is 11.4. The Hall–Kier alpha value is -2.36. The standard InChI is InChI=1S/C17H20N2O2/c1-4-12-7-6-8-13(5-2)16(12)19-15-9-11(3)18-10-14(15)17(20)21/h6-10H,4-5H2,1-3H3,(H,18,19)(H,20,21). The molecule has 0 amide bonds. The van der Waals surface area contributed by atoms with E-state index in [-0.39, 0.29) is 5.56 Å². The smallest absolute Gasteiger partial charge is 0.339 e. The normalized spacial score (nSPS) is 10.4. The molecule has 0 saturated heterocycles. The monoisotopic (exact) mass is 284 g/mol. The molecule has 0 aliphatic carbocycles. The number of aryl methyl sites for hydroxylation is 3. The van der Waals surface area contributed by atoms with Crippen LogP contribution in [-0.2, 0) is 12.8 Å². The first-order chi connectivity index (χ1) is 10.1. The Kier molecular flexibility index (Phi) is 4.58. The first kappa shape index (κ1) is 15.0. The molecule has 0 fully saturated rings. The van der Waals surface area contributed by atoms with Crippen molar-refractivity contribution in [2.45, 2.75) is 33.6 Å². The van der Waals surface area contributed by atoms with Crippen molar-refractivity contribution in [3.05, 3.63) is 52.8 Å². The van der Waals surface area contributed by atoms with Crippen molar-refractivity contribution >= 4 is 17.3 Å². The van der Waals surface area contributed by atoms with Gasteiger partial charge in [-0.15, -0.1) is 0 Å². The van der Waals surface area contributed by atoms with E-state index in [1.54, 1.807) is 6.07 Å².